The average molecular weight is 444 g/mol. The third-order valence-electron chi connectivity index (χ3n) is 4.04. The maximum absolute atomic E-state index is 12.5. The number of rotatable bonds is 5. The summed E-state index contributed by atoms with van der Waals surface area (Å²) in [6.45, 7) is 1.91. The van der Waals surface area contributed by atoms with Crippen LogP contribution in [-0.2, 0) is 15.6 Å². The van der Waals surface area contributed by atoms with Crippen LogP contribution in [-0.4, -0.2) is 14.3 Å². The fourth-order valence-corrected chi connectivity index (χ4v) is 4.31. The summed E-state index contributed by atoms with van der Waals surface area (Å²) < 4.78 is 25.9. The molecular formula is C21H18BrNO3S. The van der Waals surface area contributed by atoms with E-state index in [4.69, 9.17) is 0 Å². The third-order valence-corrected chi connectivity index (χ3v) is 6.23. The van der Waals surface area contributed by atoms with Gasteiger partial charge in [0, 0.05) is 15.7 Å². The minimum absolute atomic E-state index is 0.0874. The highest BCUT2D eigenvalue weighted by atomic mass is 79.9. The number of carbonyl (C=O) groups is 1. The Labute approximate surface area is 167 Å². The van der Waals surface area contributed by atoms with E-state index in [2.05, 4.69) is 21.2 Å². The molecule has 0 atom stereocenters. The van der Waals surface area contributed by atoms with Crippen LogP contribution in [0.3, 0.4) is 0 Å². The summed E-state index contributed by atoms with van der Waals surface area (Å²) in [7, 11) is -3.41. The van der Waals surface area contributed by atoms with Crippen LogP contribution in [0, 0.1) is 6.92 Å². The van der Waals surface area contributed by atoms with Gasteiger partial charge in [0.05, 0.1) is 10.6 Å². The highest BCUT2D eigenvalue weighted by molar-refractivity contribution is 9.10. The highest BCUT2D eigenvalue weighted by Gasteiger charge is 2.15. The van der Waals surface area contributed by atoms with Crippen molar-refractivity contribution in [3.8, 4) is 0 Å². The van der Waals surface area contributed by atoms with Crippen molar-refractivity contribution in [2.24, 2.45) is 0 Å². The molecule has 0 saturated carbocycles. The fraction of sp³-hybridized carbons (Fsp3) is 0.0952. The molecule has 27 heavy (non-hydrogen) atoms. The van der Waals surface area contributed by atoms with Crippen molar-refractivity contribution in [1.82, 2.24) is 0 Å². The minimum atomic E-state index is -3.41. The lowest BCUT2D eigenvalue weighted by molar-refractivity contribution is 0.102. The van der Waals surface area contributed by atoms with Gasteiger partial charge < -0.3 is 5.32 Å². The molecule has 0 aliphatic carbocycles. The number of carbonyl (C=O) groups excluding carboxylic acids is 1. The molecule has 0 radical (unpaired) electrons. The smallest absolute Gasteiger partial charge is 0.255 e. The molecule has 0 aliphatic rings. The number of amides is 1. The molecule has 0 aromatic heterocycles. The van der Waals surface area contributed by atoms with Gasteiger partial charge in [0.2, 0.25) is 0 Å². The molecule has 1 amide bonds. The third kappa shape index (κ3) is 5.05. The van der Waals surface area contributed by atoms with Gasteiger partial charge in [-0.2, -0.15) is 0 Å². The molecule has 0 bridgehead atoms. The lowest BCUT2D eigenvalue weighted by Gasteiger charge is -2.08. The first-order valence-electron chi connectivity index (χ1n) is 8.29. The first-order valence-corrected chi connectivity index (χ1v) is 10.7. The molecule has 0 aliphatic heterocycles. The summed E-state index contributed by atoms with van der Waals surface area (Å²) >= 11 is 3.34. The maximum Gasteiger partial charge on any atom is 0.255 e. The Balaban J connectivity index is 1.70. The lowest BCUT2D eigenvalue weighted by atomic mass is 10.2. The Bertz CT molecular complexity index is 1060. The fourth-order valence-electron chi connectivity index (χ4n) is 2.57. The normalized spacial score (nSPS) is 11.2. The van der Waals surface area contributed by atoms with Gasteiger partial charge in [0.1, 0.15) is 0 Å². The Kier molecular flexibility index (Phi) is 5.77. The zero-order valence-electron chi connectivity index (χ0n) is 14.6. The molecular weight excluding hydrogens is 426 g/mol. The van der Waals surface area contributed by atoms with Crippen molar-refractivity contribution in [3.63, 3.8) is 0 Å². The number of aryl methyl sites for hydroxylation is 1. The molecule has 4 nitrogen and oxygen atoms in total. The molecule has 0 saturated heterocycles. The van der Waals surface area contributed by atoms with Gasteiger partial charge in [0.25, 0.3) is 5.91 Å². The number of halogens is 1. The molecule has 3 aromatic carbocycles. The number of anilines is 1. The molecule has 0 spiro atoms. The van der Waals surface area contributed by atoms with E-state index in [-0.39, 0.29) is 11.7 Å². The second kappa shape index (κ2) is 8.06. The average Bonchev–Trinajstić information content (AvgIpc) is 2.63. The van der Waals surface area contributed by atoms with Gasteiger partial charge in [-0.05, 0) is 55.0 Å². The van der Waals surface area contributed by atoms with E-state index >= 15 is 0 Å². The van der Waals surface area contributed by atoms with Crippen LogP contribution in [0.1, 0.15) is 21.5 Å². The van der Waals surface area contributed by atoms with Crippen molar-refractivity contribution in [1.29, 1.82) is 0 Å². The monoisotopic (exact) mass is 443 g/mol. The van der Waals surface area contributed by atoms with E-state index in [0.717, 1.165) is 10.0 Å². The molecule has 6 heteroatoms. The van der Waals surface area contributed by atoms with Crippen molar-refractivity contribution in [2.75, 3.05) is 5.32 Å². The van der Waals surface area contributed by atoms with Crippen LogP contribution in [0.2, 0.25) is 0 Å². The van der Waals surface area contributed by atoms with E-state index in [1.54, 1.807) is 66.7 Å². The maximum atomic E-state index is 12.5. The summed E-state index contributed by atoms with van der Waals surface area (Å²) in [4.78, 5) is 12.6. The second-order valence-electron chi connectivity index (χ2n) is 6.23. The molecule has 0 fully saturated rings. The molecule has 0 heterocycles. The highest BCUT2D eigenvalue weighted by Crippen LogP contribution is 2.19. The largest absolute Gasteiger partial charge is 0.322 e. The van der Waals surface area contributed by atoms with E-state index < -0.39 is 9.84 Å². The van der Waals surface area contributed by atoms with Crippen LogP contribution in [0.25, 0.3) is 0 Å². The molecule has 1 N–H and O–H groups in total. The number of benzene rings is 3. The summed E-state index contributed by atoms with van der Waals surface area (Å²) in [6, 6.07) is 20.7. The minimum Gasteiger partial charge on any atom is -0.322 e. The van der Waals surface area contributed by atoms with Crippen LogP contribution in [0.5, 0.6) is 0 Å². The Hall–Kier alpha value is -2.44. The van der Waals surface area contributed by atoms with E-state index in [9.17, 15) is 13.2 Å². The van der Waals surface area contributed by atoms with E-state index in [1.807, 2.05) is 13.0 Å². The predicted octanol–water partition coefficient (Wildman–Crippen LogP) is 4.98. The zero-order valence-corrected chi connectivity index (χ0v) is 17.0. The topological polar surface area (TPSA) is 63.2 Å². The molecule has 3 rings (SSSR count). The second-order valence-corrected chi connectivity index (χ2v) is 9.14. The number of sulfone groups is 1. The van der Waals surface area contributed by atoms with Gasteiger partial charge in [-0.25, -0.2) is 8.42 Å². The van der Waals surface area contributed by atoms with E-state index in [0.29, 0.717) is 21.7 Å². The van der Waals surface area contributed by atoms with Crippen LogP contribution < -0.4 is 5.32 Å². The SMILES string of the molecule is Cc1ccc(S(=O)(=O)Cc2ccc(NC(=O)c3cccc(Br)c3)cc2)cc1. The Morgan fingerprint density at radius 2 is 1.63 bits per heavy atom. The summed E-state index contributed by atoms with van der Waals surface area (Å²) in [5, 5.41) is 2.80. The molecule has 138 valence electrons. The van der Waals surface area contributed by atoms with Gasteiger partial charge in [-0.3, -0.25) is 4.79 Å². The predicted molar refractivity (Wildman–Crippen MR) is 111 cm³/mol. The van der Waals surface area contributed by atoms with Gasteiger partial charge in [-0.15, -0.1) is 0 Å². The van der Waals surface area contributed by atoms with Crippen LogP contribution in [0.4, 0.5) is 5.69 Å². The summed E-state index contributed by atoms with van der Waals surface area (Å²) in [5.41, 5.74) is 2.82. The summed E-state index contributed by atoms with van der Waals surface area (Å²) in [5.74, 6) is -0.313. The standard InChI is InChI=1S/C21H18BrNO3S/c1-15-5-11-20(12-6-15)27(25,26)14-16-7-9-19(10-8-16)23-21(24)17-3-2-4-18(22)13-17/h2-13H,14H2,1H3,(H,23,24). The van der Waals surface area contributed by atoms with Gasteiger partial charge in [0.15, 0.2) is 9.84 Å². The molecule has 3 aromatic rings. The van der Waals surface area contributed by atoms with Gasteiger partial charge in [-0.1, -0.05) is 51.8 Å². The zero-order chi connectivity index (χ0) is 19.4. The van der Waals surface area contributed by atoms with Gasteiger partial charge >= 0.3 is 0 Å². The number of nitrogens with one attached hydrogen (secondary N) is 1. The van der Waals surface area contributed by atoms with E-state index in [1.165, 1.54) is 0 Å². The number of hydrogen-bond donors (Lipinski definition) is 1. The van der Waals surface area contributed by atoms with Crippen molar-refractivity contribution < 1.29 is 13.2 Å². The first kappa shape index (κ1) is 19.3. The summed E-state index contributed by atoms with van der Waals surface area (Å²) in [6.07, 6.45) is 0. The Morgan fingerprint density at radius 1 is 0.963 bits per heavy atom. The number of hydrogen-bond acceptors (Lipinski definition) is 3. The quantitative estimate of drug-likeness (QED) is 0.604. The lowest BCUT2D eigenvalue weighted by Crippen LogP contribution is -2.12. The van der Waals surface area contributed by atoms with Crippen molar-refractivity contribution in [3.05, 3.63) is 94.0 Å². The molecule has 0 unspecified atom stereocenters. The first-order chi connectivity index (χ1) is 12.8. The van der Waals surface area contributed by atoms with Crippen molar-refractivity contribution in [2.45, 2.75) is 17.6 Å². The van der Waals surface area contributed by atoms with Crippen LogP contribution >= 0.6 is 15.9 Å². The van der Waals surface area contributed by atoms with Crippen LogP contribution in [0.15, 0.2) is 82.2 Å². The Morgan fingerprint density at radius 3 is 2.26 bits per heavy atom. The van der Waals surface area contributed by atoms with Crippen molar-refractivity contribution >= 4 is 37.4 Å².